The summed E-state index contributed by atoms with van der Waals surface area (Å²) < 4.78 is 10.5. The molecule has 0 radical (unpaired) electrons. The molecular weight excluding hydrogens is 390 g/mol. The number of amides is 1. The van der Waals surface area contributed by atoms with Crippen LogP contribution in [0.2, 0.25) is 0 Å². The molecule has 2 N–H and O–H groups in total. The molecule has 1 unspecified atom stereocenters. The quantitative estimate of drug-likeness (QED) is 0.190. The topological polar surface area (TPSA) is 120 Å². The molecule has 0 heterocycles. The second kappa shape index (κ2) is 12.2. The van der Waals surface area contributed by atoms with Gasteiger partial charge in [0.25, 0.3) is 5.69 Å². The zero-order valence-corrected chi connectivity index (χ0v) is 16.7. The van der Waals surface area contributed by atoms with Crippen LogP contribution >= 0.6 is 0 Å². The normalized spacial score (nSPS) is 11.4. The third kappa shape index (κ3) is 7.88. The summed E-state index contributed by atoms with van der Waals surface area (Å²) in [5.74, 6) is -0.504. The molecule has 0 bridgehead atoms. The summed E-state index contributed by atoms with van der Waals surface area (Å²) in [6.45, 7) is 0.860. The van der Waals surface area contributed by atoms with Crippen molar-refractivity contribution < 1.29 is 24.0 Å². The fourth-order valence-corrected chi connectivity index (χ4v) is 2.63. The molecule has 30 heavy (non-hydrogen) atoms. The largest absolute Gasteiger partial charge is 0.445 e. The first-order chi connectivity index (χ1) is 14.5. The van der Waals surface area contributed by atoms with Crippen molar-refractivity contribution in [2.45, 2.75) is 31.9 Å². The van der Waals surface area contributed by atoms with E-state index < -0.39 is 23.0 Å². The number of esters is 1. The minimum absolute atomic E-state index is 0.0799. The first kappa shape index (κ1) is 22.8. The average molecular weight is 415 g/mol. The van der Waals surface area contributed by atoms with Gasteiger partial charge in [0, 0.05) is 12.1 Å². The Bertz CT molecular complexity index is 826. The van der Waals surface area contributed by atoms with Gasteiger partial charge in [0.15, 0.2) is 0 Å². The number of rotatable bonds is 11. The molecule has 2 aromatic carbocycles. The van der Waals surface area contributed by atoms with E-state index in [1.807, 2.05) is 37.4 Å². The second-order valence-corrected chi connectivity index (χ2v) is 6.53. The lowest BCUT2D eigenvalue weighted by molar-refractivity contribution is -0.384. The number of nitro benzene ring substituents is 1. The highest BCUT2D eigenvalue weighted by molar-refractivity contribution is 5.82. The van der Waals surface area contributed by atoms with Crippen LogP contribution in [0.25, 0.3) is 0 Å². The van der Waals surface area contributed by atoms with Gasteiger partial charge in [-0.1, -0.05) is 30.3 Å². The lowest BCUT2D eigenvalue weighted by Crippen LogP contribution is -2.43. The molecule has 0 aliphatic carbocycles. The summed E-state index contributed by atoms with van der Waals surface area (Å²) in [4.78, 5) is 34.9. The van der Waals surface area contributed by atoms with Crippen LogP contribution in [0.4, 0.5) is 10.5 Å². The van der Waals surface area contributed by atoms with Crippen LogP contribution in [0.1, 0.15) is 24.8 Å². The summed E-state index contributed by atoms with van der Waals surface area (Å²) in [5, 5.41) is 16.3. The molecule has 160 valence electrons. The number of alkyl carbamates (subject to hydrolysis) is 1. The summed E-state index contributed by atoms with van der Waals surface area (Å²) in [7, 11) is 1.83. The Balaban J connectivity index is 1.95. The summed E-state index contributed by atoms with van der Waals surface area (Å²) in [6.07, 6.45) is 1.14. The fraction of sp³-hybridized carbons (Fsp3) is 0.333. The van der Waals surface area contributed by atoms with Crippen molar-refractivity contribution in [3.8, 4) is 5.75 Å². The first-order valence-corrected chi connectivity index (χ1v) is 9.57. The highest BCUT2D eigenvalue weighted by Crippen LogP contribution is 2.18. The number of nitro groups is 1. The molecule has 9 heteroatoms. The molecule has 0 aliphatic rings. The Hall–Kier alpha value is -3.46. The number of non-ortho nitro benzene ring substituents is 1. The van der Waals surface area contributed by atoms with Gasteiger partial charge < -0.3 is 20.1 Å². The van der Waals surface area contributed by atoms with Gasteiger partial charge in [-0.15, -0.1) is 0 Å². The fourth-order valence-electron chi connectivity index (χ4n) is 2.63. The van der Waals surface area contributed by atoms with Crippen molar-refractivity contribution in [2.75, 3.05) is 13.6 Å². The Morgan fingerprint density at radius 3 is 2.40 bits per heavy atom. The van der Waals surface area contributed by atoms with Crippen LogP contribution in [0.5, 0.6) is 5.75 Å². The number of unbranched alkanes of at least 4 members (excludes halogenated alkanes) is 1. The van der Waals surface area contributed by atoms with Crippen molar-refractivity contribution in [3.05, 3.63) is 70.3 Å². The van der Waals surface area contributed by atoms with Crippen molar-refractivity contribution in [1.82, 2.24) is 10.6 Å². The van der Waals surface area contributed by atoms with Gasteiger partial charge in [0.1, 0.15) is 18.4 Å². The smallest absolute Gasteiger partial charge is 0.408 e. The van der Waals surface area contributed by atoms with Gasteiger partial charge in [-0.3, -0.25) is 10.1 Å². The molecule has 0 aromatic heterocycles. The Morgan fingerprint density at radius 2 is 1.77 bits per heavy atom. The second-order valence-electron chi connectivity index (χ2n) is 6.53. The Labute approximate surface area is 174 Å². The molecule has 2 aromatic rings. The maximum absolute atomic E-state index is 12.6. The summed E-state index contributed by atoms with van der Waals surface area (Å²) in [6, 6.07) is 13.4. The number of ether oxygens (including phenoxy) is 2. The van der Waals surface area contributed by atoms with Gasteiger partial charge in [0.2, 0.25) is 0 Å². The number of benzene rings is 2. The van der Waals surface area contributed by atoms with E-state index >= 15 is 0 Å². The standard InChI is InChI=1S/C21H25N3O6/c1-22-14-6-5-9-19(23-21(26)29-15-16-7-3-2-4-8-16)20(25)30-18-12-10-17(11-13-18)24(27)28/h2-4,7-8,10-13,19,22H,5-6,9,14-15H2,1H3,(H,23,26). The van der Waals surface area contributed by atoms with E-state index in [-0.39, 0.29) is 18.0 Å². The van der Waals surface area contributed by atoms with E-state index in [0.29, 0.717) is 12.8 Å². The highest BCUT2D eigenvalue weighted by Gasteiger charge is 2.23. The van der Waals surface area contributed by atoms with E-state index in [1.54, 1.807) is 0 Å². The number of nitrogens with zero attached hydrogens (tertiary/aromatic N) is 1. The molecule has 0 saturated carbocycles. The van der Waals surface area contributed by atoms with Crippen molar-refractivity contribution >= 4 is 17.7 Å². The van der Waals surface area contributed by atoms with Crippen molar-refractivity contribution in [2.24, 2.45) is 0 Å². The Morgan fingerprint density at radius 1 is 1.07 bits per heavy atom. The van der Waals surface area contributed by atoms with Gasteiger partial charge in [0.05, 0.1) is 4.92 Å². The third-order valence-corrected chi connectivity index (χ3v) is 4.22. The van der Waals surface area contributed by atoms with Crippen LogP contribution in [0, 0.1) is 10.1 Å². The average Bonchev–Trinajstić information content (AvgIpc) is 2.75. The predicted molar refractivity (Wildman–Crippen MR) is 110 cm³/mol. The minimum Gasteiger partial charge on any atom is -0.445 e. The maximum atomic E-state index is 12.6. The van der Waals surface area contributed by atoms with E-state index in [4.69, 9.17) is 9.47 Å². The van der Waals surface area contributed by atoms with E-state index in [2.05, 4.69) is 10.6 Å². The predicted octanol–water partition coefficient (Wildman–Crippen LogP) is 3.18. The zero-order chi connectivity index (χ0) is 21.8. The number of carbonyl (C=O) groups excluding carboxylic acids is 2. The van der Waals surface area contributed by atoms with Crippen LogP contribution < -0.4 is 15.4 Å². The SMILES string of the molecule is CNCCCCC(NC(=O)OCc1ccccc1)C(=O)Oc1ccc([N+](=O)[O-])cc1. The number of hydrogen-bond donors (Lipinski definition) is 2. The molecule has 0 aliphatic heterocycles. The molecule has 0 spiro atoms. The monoisotopic (exact) mass is 415 g/mol. The lowest BCUT2D eigenvalue weighted by atomic mass is 10.1. The van der Waals surface area contributed by atoms with Gasteiger partial charge in [-0.25, -0.2) is 9.59 Å². The van der Waals surface area contributed by atoms with Gasteiger partial charge >= 0.3 is 12.1 Å². The number of carbonyl (C=O) groups is 2. The molecule has 0 fully saturated rings. The molecule has 2 rings (SSSR count). The number of hydrogen-bond acceptors (Lipinski definition) is 7. The zero-order valence-electron chi connectivity index (χ0n) is 16.7. The van der Waals surface area contributed by atoms with Crippen molar-refractivity contribution in [3.63, 3.8) is 0 Å². The Kier molecular flexibility index (Phi) is 9.26. The molecule has 9 nitrogen and oxygen atoms in total. The van der Waals surface area contributed by atoms with Crippen molar-refractivity contribution in [1.29, 1.82) is 0 Å². The lowest BCUT2D eigenvalue weighted by Gasteiger charge is -2.17. The number of nitrogens with one attached hydrogen (secondary N) is 2. The highest BCUT2D eigenvalue weighted by atomic mass is 16.6. The minimum atomic E-state index is -0.902. The van der Waals surface area contributed by atoms with Gasteiger partial charge in [-0.2, -0.15) is 0 Å². The van der Waals surface area contributed by atoms with E-state index in [0.717, 1.165) is 18.5 Å². The van der Waals surface area contributed by atoms with E-state index in [9.17, 15) is 19.7 Å². The van der Waals surface area contributed by atoms with Crippen LogP contribution in [-0.4, -0.2) is 36.6 Å². The molecule has 1 atom stereocenters. The summed E-state index contributed by atoms with van der Waals surface area (Å²) in [5.41, 5.74) is 0.715. The van der Waals surface area contributed by atoms with Crippen LogP contribution in [0.15, 0.2) is 54.6 Å². The molecule has 1 amide bonds. The van der Waals surface area contributed by atoms with Crippen LogP contribution in [-0.2, 0) is 16.1 Å². The first-order valence-electron chi connectivity index (χ1n) is 9.57. The maximum Gasteiger partial charge on any atom is 0.408 e. The summed E-state index contributed by atoms with van der Waals surface area (Å²) >= 11 is 0. The molecular formula is C21H25N3O6. The van der Waals surface area contributed by atoms with E-state index in [1.165, 1.54) is 24.3 Å². The van der Waals surface area contributed by atoms with Crippen LogP contribution in [0.3, 0.4) is 0 Å². The third-order valence-electron chi connectivity index (χ3n) is 4.22. The van der Waals surface area contributed by atoms with Gasteiger partial charge in [-0.05, 0) is 50.6 Å². The molecule has 0 saturated heterocycles.